The normalized spacial score (nSPS) is 28.9. The molecule has 5 rings (SSSR count). The van der Waals surface area contributed by atoms with Crippen LogP contribution in [0.25, 0.3) is 0 Å². The maximum Gasteiger partial charge on any atom is 0.233 e. The van der Waals surface area contributed by atoms with Crippen molar-refractivity contribution >= 4 is 39.3 Å². The molecular weight excluding hydrogens is 490 g/mol. The lowest BCUT2D eigenvalue weighted by molar-refractivity contribution is -0.138. The molecule has 1 aromatic rings. The highest BCUT2D eigenvalue weighted by Gasteiger charge is 2.55. The lowest BCUT2D eigenvalue weighted by Gasteiger charge is -2.42. The first-order valence-corrected chi connectivity index (χ1v) is 11.7. The molecule has 4 unspecified atom stereocenters. The lowest BCUT2D eigenvalue weighted by Crippen LogP contribution is -2.39. The molecule has 8 heteroatoms. The zero-order chi connectivity index (χ0) is 23.4. The minimum atomic E-state index is -0.529. The van der Waals surface area contributed by atoms with Gasteiger partial charge >= 0.3 is 0 Å². The van der Waals surface area contributed by atoms with E-state index in [0.29, 0.717) is 23.3 Å². The maximum atomic E-state index is 13.1. The Morgan fingerprint density at radius 2 is 1.82 bits per heavy atom. The highest BCUT2D eigenvalue weighted by molar-refractivity contribution is 9.12. The van der Waals surface area contributed by atoms with Gasteiger partial charge in [-0.15, -0.1) is 0 Å². The quantitative estimate of drug-likeness (QED) is 0.378. The van der Waals surface area contributed by atoms with Crippen molar-refractivity contribution in [3.63, 3.8) is 0 Å². The van der Waals surface area contributed by atoms with Gasteiger partial charge in [-0.3, -0.25) is 24.1 Å². The number of aliphatic hydroxyl groups excluding tert-OH is 1. The van der Waals surface area contributed by atoms with Gasteiger partial charge in [-0.25, -0.2) is 0 Å². The van der Waals surface area contributed by atoms with Gasteiger partial charge in [0.1, 0.15) is 12.4 Å². The second-order valence-electron chi connectivity index (χ2n) is 8.77. The first kappa shape index (κ1) is 22.0. The van der Waals surface area contributed by atoms with Crippen LogP contribution in [-0.2, 0) is 19.2 Å². The molecule has 1 saturated heterocycles. The van der Waals surface area contributed by atoms with Crippen molar-refractivity contribution in [1.82, 2.24) is 4.90 Å². The highest BCUT2D eigenvalue weighted by atomic mass is 79.9. The molecule has 2 amide bonds. The average Bonchev–Trinajstić information content (AvgIpc) is 3.04. The molecule has 7 nitrogen and oxygen atoms in total. The predicted molar refractivity (Wildman–Crippen MR) is 121 cm³/mol. The number of allylic oxidation sites excluding steroid dienone is 6. The monoisotopic (exact) mass is 511 g/mol. The number of ketones is 2. The zero-order valence-electron chi connectivity index (χ0n) is 17.9. The standard InChI is InChI=1S/C25H22BrNO6/c1-27-24(31)15-7-6-14-16(21(15)25(27)32)10-17-22(19(29)11-18(26)23(17)30)20(14)12-2-4-13(5-3-12)33-9-8-28/h2-6,11,15-16,20-21,28H,7-10H2,1H3. The van der Waals surface area contributed by atoms with Crippen molar-refractivity contribution in [3.8, 4) is 5.75 Å². The Labute approximate surface area is 198 Å². The number of likely N-dealkylation sites (tertiary alicyclic amines) is 1. The Hall–Kier alpha value is -2.84. The molecule has 1 aliphatic heterocycles. The summed E-state index contributed by atoms with van der Waals surface area (Å²) < 4.78 is 5.67. The molecule has 170 valence electrons. The van der Waals surface area contributed by atoms with E-state index in [1.807, 2.05) is 18.2 Å². The van der Waals surface area contributed by atoms with Gasteiger partial charge in [0.05, 0.1) is 22.9 Å². The largest absolute Gasteiger partial charge is 0.491 e. The molecule has 1 aromatic carbocycles. The number of halogens is 1. The summed E-state index contributed by atoms with van der Waals surface area (Å²) in [6.07, 6.45) is 4.00. The first-order valence-electron chi connectivity index (χ1n) is 10.9. The van der Waals surface area contributed by atoms with Gasteiger partial charge < -0.3 is 9.84 Å². The Morgan fingerprint density at radius 3 is 2.52 bits per heavy atom. The molecule has 3 aliphatic carbocycles. The van der Waals surface area contributed by atoms with Gasteiger partial charge in [-0.2, -0.15) is 0 Å². The number of rotatable bonds is 4. The molecule has 0 bridgehead atoms. The molecule has 0 radical (unpaired) electrons. The third kappa shape index (κ3) is 3.35. The molecule has 1 fully saturated rings. The fourth-order valence-electron chi connectivity index (χ4n) is 5.66. The number of hydrogen-bond donors (Lipinski definition) is 1. The van der Waals surface area contributed by atoms with E-state index in [2.05, 4.69) is 15.9 Å². The highest BCUT2D eigenvalue weighted by Crippen LogP contribution is 2.55. The number of imide groups is 1. The Morgan fingerprint density at radius 1 is 1.09 bits per heavy atom. The fourth-order valence-corrected chi connectivity index (χ4v) is 6.11. The maximum absolute atomic E-state index is 13.1. The van der Waals surface area contributed by atoms with E-state index in [1.54, 1.807) is 12.1 Å². The van der Waals surface area contributed by atoms with Crippen LogP contribution in [-0.4, -0.2) is 53.6 Å². The van der Waals surface area contributed by atoms with Crippen LogP contribution in [0.5, 0.6) is 5.75 Å². The molecule has 0 spiro atoms. The van der Waals surface area contributed by atoms with Crippen LogP contribution in [0.15, 0.2) is 57.6 Å². The van der Waals surface area contributed by atoms with E-state index in [4.69, 9.17) is 9.84 Å². The van der Waals surface area contributed by atoms with Crippen LogP contribution in [0.4, 0.5) is 0 Å². The van der Waals surface area contributed by atoms with Gasteiger partial charge in [0.25, 0.3) is 0 Å². The number of carbonyl (C=O) groups is 4. The van der Waals surface area contributed by atoms with Crippen LogP contribution in [0.2, 0.25) is 0 Å². The van der Waals surface area contributed by atoms with Crippen molar-refractivity contribution in [2.75, 3.05) is 20.3 Å². The smallest absolute Gasteiger partial charge is 0.233 e. The van der Waals surface area contributed by atoms with E-state index >= 15 is 0 Å². The first-order chi connectivity index (χ1) is 15.8. The van der Waals surface area contributed by atoms with Crippen molar-refractivity contribution in [2.45, 2.75) is 18.8 Å². The van der Waals surface area contributed by atoms with Crippen molar-refractivity contribution in [1.29, 1.82) is 0 Å². The van der Waals surface area contributed by atoms with E-state index in [-0.39, 0.29) is 53.4 Å². The number of hydrogen-bond acceptors (Lipinski definition) is 6. The average molecular weight is 512 g/mol. The summed E-state index contributed by atoms with van der Waals surface area (Å²) in [5.41, 5.74) is 2.59. The van der Waals surface area contributed by atoms with Crippen LogP contribution in [0.3, 0.4) is 0 Å². The predicted octanol–water partition coefficient (Wildman–Crippen LogP) is 2.45. The second-order valence-corrected chi connectivity index (χ2v) is 9.62. The number of Topliss-reactive ketones (excluding diaryl/α,β-unsaturated/α-hetero) is 1. The summed E-state index contributed by atoms with van der Waals surface area (Å²) in [5, 5.41) is 8.98. The van der Waals surface area contributed by atoms with E-state index in [9.17, 15) is 19.2 Å². The number of benzene rings is 1. The van der Waals surface area contributed by atoms with Gasteiger partial charge in [0, 0.05) is 30.2 Å². The third-order valence-corrected chi connectivity index (χ3v) is 7.71. The number of fused-ring (bicyclic) bond motifs is 3. The molecule has 1 heterocycles. The molecular formula is C25H22BrNO6. The summed E-state index contributed by atoms with van der Waals surface area (Å²) in [5.74, 6) is -2.06. The summed E-state index contributed by atoms with van der Waals surface area (Å²) in [6, 6.07) is 7.21. The fraction of sp³-hybridized carbons (Fsp3) is 0.360. The summed E-state index contributed by atoms with van der Waals surface area (Å²) in [4.78, 5) is 53.1. The lowest BCUT2D eigenvalue weighted by atomic mass is 9.59. The minimum absolute atomic E-state index is 0.100. The van der Waals surface area contributed by atoms with Crippen LogP contribution >= 0.6 is 15.9 Å². The second kappa shape index (κ2) is 8.18. The van der Waals surface area contributed by atoms with E-state index < -0.39 is 17.8 Å². The Kier molecular flexibility index (Phi) is 5.45. The molecule has 4 atom stereocenters. The molecule has 0 saturated carbocycles. The summed E-state index contributed by atoms with van der Waals surface area (Å²) >= 11 is 3.22. The topological polar surface area (TPSA) is 101 Å². The SMILES string of the molecule is CN1C(=O)C2CC=C3C(c4ccc(OCCO)cc4)C4=C(CC3C2C1=O)C(=O)C(Br)=CC4=O. The number of nitrogens with zero attached hydrogens (tertiary/aromatic N) is 1. The third-order valence-electron chi connectivity index (χ3n) is 7.13. The molecule has 4 aliphatic rings. The van der Waals surface area contributed by atoms with E-state index in [1.165, 1.54) is 18.0 Å². The minimum Gasteiger partial charge on any atom is -0.491 e. The van der Waals surface area contributed by atoms with Gasteiger partial charge in [0.15, 0.2) is 11.6 Å². The van der Waals surface area contributed by atoms with Crippen molar-refractivity contribution in [2.24, 2.45) is 17.8 Å². The van der Waals surface area contributed by atoms with Gasteiger partial charge in [-0.1, -0.05) is 23.8 Å². The van der Waals surface area contributed by atoms with Crippen molar-refractivity contribution < 1.29 is 29.0 Å². The Balaban J connectivity index is 1.63. The molecule has 0 aromatic heterocycles. The van der Waals surface area contributed by atoms with Gasteiger partial charge in [-0.05, 0) is 52.4 Å². The van der Waals surface area contributed by atoms with Crippen LogP contribution < -0.4 is 4.74 Å². The van der Waals surface area contributed by atoms with Crippen LogP contribution in [0.1, 0.15) is 24.3 Å². The molecule has 33 heavy (non-hydrogen) atoms. The number of carbonyl (C=O) groups excluding carboxylic acids is 4. The number of amides is 2. The van der Waals surface area contributed by atoms with Crippen LogP contribution in [0, 0.1) is 17.8 Å². The Bertz CT molecular complexity index is 1180. The zero-order valence-corrected chi connectivity index (χ0v) is 19.5. The summed E-state index contributed by atoms with van der Waals surface area (Å²) in [6.45, 7) is 0.0700. The number of ether oxygens (including phenoxy) is 1. The van der Waals surface area contributed by atoms with Crippen molar-refractivity contribution in [3.05, 3.63) is 63.2 Å². The van der Waals surface area contributed by atoms with Gasteiger partial charge in [0.2, 0.25) is 11.8 Å². The summed E-state index contributed by atoms with van der Waals surface area (Å²) in [7, 11) is 1.51. The number of aliphatic hydroxyl groups is 1. The van der Waals surface area contributed by atoms with E-state index in [0.717, 1.165) is 11.1 Å². The molecule has 1 N–H and O–H groups in total.